The zero-order valence-electron chi connectivity index (χ0n) is 24.6. The molecular formula is C36H40N2O4. The van der Waals surface area contributed by atoms with E-state index in [1.54, 1.807) is 0 Å². The largest absolute Gasteiger partial charge is 0.392 e. The Kier molecular flexibility index (Phi) is 9.82. The third kappa shape index (κ3) is 7.33. The number of carbonyl (C=O) groups is 1. The lowest BCUT2D eigenvalue weighted by Gasteiger charge is -2.39. The molecule has 1 fully saturated rings. The van der Waals surface area contributed by atoms with E-state index in [0.717, 1.165) is 46.3 Å². The van der Waals surface area contributed by atoms with E-state index in [1.165, 1.54) is 12.5 Å². The van der Waals surface area contributed by atoms with Crippen molar-refractivity contribution in [1.29, 1.82) is 0 Å². The Bertz CT molecular complexity index is 1440. The van der Waals surface area contributed by atoms with Crippen LogP contribution in [0.3, 0.4) is 0 Å². The SMILES string of the molecule is CC(=O)NCc1ccccc1-c1ccc([C@@H]2O[C@H](CN(C)[C@@H](C)c3ccccc3)C[C@H](c3ccc(CO)cc3)O2)cc1. The lowest BCUT2D eigenvalue weighted by molar-refractivity contribution is -0.253. The molecule has 0 bridgehead atoms. The molecule has 0 radical (unpaired) electrons. The first-order valence-electron chi connectivity index (χ1n) is 14.6. The fourth-order valence-corrected chi connectivity index (χ4v) is 5.49. The number of likely N-dealkylation sites (N-methyl/N-ethyl adjacent to an activating group) is 1. The minimum Gasteiger partial charge on any atom is -0.392 e. The van der Waals surface area contributed by atoms with Crippen molar-refractivity contribution in [3.8, 4) is 11.1 Å². The molecule has 0 aromatic heterocycles. The van der Waals surface area contributed by atoms with Crippen molar-refractivity contribution in [3.05, 3.63) is 131 Å². The van der Waals surface area contributed by atoms with Gasteiger partial charge in [0.1, 0.15) is 0 Å². The summed E-state index contributed by atoms with van der Waals surface area (Å²) in [5.41, 5.74) is 7.40. The smallest absolute Gasteiger partial charge is 0.217 e. The van der Waals surface area contributed by atoms with Crippen molar-refractivity contribution in [3.63, 3.8) is 0 Å². The zero-order chi connectivity index (χ0) is 29.5. The van der Waals surface area contributed by atoms with Gasteiger partial charge in [-0.05, 0) is 47.4 Å². The van der Waals surface area contributed by atoms with Crippen LogP contribution in [-0.2, 0) is 27.4 Å². The van der Waals surface area contributed by atoms with E-state index in [9.17, 15) is 9.90 Å². The summed E-state index contributed by atoms with van der Waals surface area (Å²) >= 11 is 0. The van der Waals surface area contributed by atoms with Crippen LogP contribution < -0.4 is 5.32 Å². The number of hydrogen-bond donors (Lipinski definition) is 2. The van der Waals surface area contributed by atoms with E-state index < -0.39 is 6.29 Å². The molecule has 1 aliphatic heterocycles. The summed E-state index contributed by atoms with van der Waals surface area (Å²) in [6, 6.07) is 35.2. The lowest BCUT2D eigenvalue weighted by Crippen LogP contribution is -2.38. The Balaban J connectivity index is 1.37. The number of benzene rings is 4. The van der Waals surface area contributed by atoms with E-state index in [0.29, 0.717) is 6.54 Å². The first-order valence-corrected chi connectivity index (χ1v) is 14.6. The van der Waals surface area contributed by atoms with Crippen molar-refractivity contribution >= 4 is 5.91 Å². The maximum atomic E-state index is 11.5. The molecule has 218 valence electrons. The average Bonchev–Trinajstić information content (AvgIpc) is 3.04. The number of ether oxygens (including phenoxy) is 2. The highest BCUT2D eigenvalue weighted by Crippen LogP contribution is 2.39. The highest BCUT2D eigenvalue weighted by Gasteiger charge is 2.33. The second-order valence-corrected chi connectivity index (χ2v) is 11.1. The molecule has 2 N–H and O–H groups in total. The highest BCUT2D eigenvalue weighted by molar-refractivity contribution is 5.74. The molecule has 1 amide bonds. The van der Waals surface area contributed by atoms with Gasteiger partial charge in [-0.1, -0.05) is 103 Å². The van der Waals surface area contributed by atoms with Gasteiger partial charge in [0.2, 0.25) is 5.91 Å². The maximum Gasteiger partial charge on any atom is 0.217 e. The minimum absolute atomic E-state index is 0.0165. The fraction of sp³-hybridized carbons (Fsp3) is 0.306. The summed E-state index contributed by atoms with van der Waals surface area (Å²) in [7, 11) is 2.14. The predicted octanol–water partition coefficient (Wildman–Crippen LogP) is 6.72. The summed E-state index contributed by atoms with van der Waals surface area (Å²) in [4.78, 5) is 13.8. The maximum absolute atomic E-state index is 11.5. The Morgan fingerprint density at radius 2 is 1.57 bits per heavy atom. The van der Waals surface area contributed by atoms with Crippen molar-refractivity contribution in [2.24, 2.45) is 0 Å². The van der Waals surface area contributed by atoms with Crippen LogP contribution >= 0.6 is 0 Å². The van der Waals surface area contributed by atoms with Crippen LogP contribution in [0.2, 0.25) is 0 Å². The second kappa shape index (κ2) is 13.9. The molecule has 0 unspecified atom stereocenters. The van der Waals surface area contributed by atoms with Crippen LogP contribution in [-0.4, -0.2) is 35.6 Å². The van der Waals surface area contributed by atoms with E-state index >= 15 is 0 Å². The molecule has 4 atom stereocenters. The number of hydrogen-bond acceptors (Lipinski definition) is 5. The number of rotatable bonds is 10. The standard InChI is InChI=1S/C36H40N2O4/c1-25(28-9-5-4-6-10-28)38(3)23-33-21-35(30-15-13-27(24-39)14-16-30)42-36(41-33)31-19-17-29(18-20-31)34-12-8-7-11-32(34)22-37-26(2)40/h4-20,25,33,35-36,39H,21-24H2,1-3H3,(H,37,40)/t25-,33-,35+,36+/m0/s1. The van der Waals surface area contributed by atoms with E-state index in [2.05, 4.69) is 78.8 Å². The summed E-state index contributed by atoms with van der Waals surface area (Å²) in [5.74, 6) is -0.0503. The molecule has 42 heavy (non-hydrogen) atoms. The average molecular weight is 565 g/mol. The Morgan fingerprint density at radius 3 is 2.26 bits per heavy atom. The van der Waals surface area contributed by atoms with Crippen LogP contribution in [0.25, 0.3) is 11.1 Å². The van der Waals surface area contributed by atoms with Crippen LogP contribution in [0, 0.1) is 0 Å². The third-order valence-corrected chi connectivity index (χ3v) is 8.09. The van der Waals surface area contributed by atoms with Gasteiger partial charge in [-0.2, -0.15) is 0 Å². The number of carbonyl (C=O) groups excluding carboxylic acids is 1. The Morgan fingerprint density at radius 1 is 0.905 bits per heavy atom. The molecule has 1 saturated heterocycles. The highest BCUT2D eigenvalue weighted by atomic mass is 16.7. The van der Waals surface area contributed by atoms with Gasteiger partial charge < -0.3 is 19.9 Å². The normalized spacial score (nSPS) is 19.4. The molecule has 1 aliphatic rings. The van der Waals surface area contributed by atoms with Crippen molar-refractivity contribution in [2.75, 3.05) is 13.6 Å². The van der Waals surface area contributed by atoms with Gasteiger partial charge in [-0.3, -0.25) is 9.69 Å². The Labute approximate surface area is 248 Å². The topological polar surface area (TPSA) is 71.0 Å². The minimum atomic E-state index is -0.518. The number of aliphatic hydroxyl groups is 1. The van der Waals surface area contributed by atoms with Gasteiger partial charge in [0.15, 0.2) is 6.29 Å². The quantitative estimate of drug-likeness (QED) is 0.224. The monoisotopic (exact) mass is 564 g/mol. The molecule has 6 nitrogen and oxygen atoms in total. The van der Waals surface area contributed by atoms with E-state index in [4.69, 9.17) is 9.47 Å². The predicted molar refractivity (Wildman–Crippen MR) is 165 cm³/mol. The molecule has 4 aromatic carbocycles. The van der Waals surface area contributed by atoms with Gasteiger partial charge in [-0.25, -0.2) is 0 Å². The van der Waals surface area contributed by atoms with Gasteiger partial charge in [-0.15, -0.1) is 0 Å². The molecule has 5 rings (SSSR count). The van der Waals surface area contributed by atoms with Crippen LogP contribution in [0.15, 0.2) is 103 Å². The van der Waals surface area contributed by atoms with Gasteiger partial charge in [0.05, 0.1) is 18.8 Å². The molecule has 1 heterocycles. The third-order valence-electron chi connectivity index (χ3n) is 8.09. The summed E-state index contributed by atoms with van der Waals surface area (Å²) in [6.45, 7) is 5.01. The van der Waals surface area contributed by atoms with Crippen LogP contribution in [0.1, 0.15) is 66.5 Å². The Hall–Kier alpha value is -3.81. The molecule has 0 spiro atoms. The molecule has 4 aromatic rings. The number of amides is 1. The molecule has 0 aliphatic carbocycles. The first-order chi connectivity index (χ1) is 20.4. The zero-order valence-corrected chi connectivity index (χ0v) is 24.6. The van der Waals surface area contributed by atoms with Crippen molar-refractivity contribution in [2.45, 2.75) is 58.0 Å². The number of aliphatic hydroxyl groups excluding tert-OH is 1. The molecular weight excluding hydrogens is 524 g/mol. The first kappa shape index (κ1) is 29.7. The van der Waals surface area contributed by atoms with E-state index in [-0.39, 0.29) is 30.8 Å². The van der Waals surface area contributed by atoms with Crippen molar-refractivity contribution < 1.29 is 19.4 Å². The lowest BCUT2D eigenvalue weighted by atomic mass is 9.97. The van der Waals surface area contributed by atoms with Gasteiger partial charge in [0.25, 0.3) is 0 Å². The van der Waals surface area contributed by atoms with Crippen LogP contribution in [0.5, 0.6) is 0 Å². The van der Waals surface area contributed by atoms with Crippen molar-refractivity contribution in [1.82, 2.24) is 10.2 Å². The molecule has 6 heteroatoms. The van der Waals surface area contributed by atoms with E-state index in [1.807, 2.05) is 48.5 Å². The van der Waals surface area contributed by atoms with Gasteiger partial charge >= 0.3 is 0 Å². The summed E-state index contributed by atoms with van der Waals surface area (Å²) in [5, 5.41) is 12.4. The number of nitrogens with zero attached hydrogens (tertiary/aromatic N) is 1. The fourth-order valence-electron chi connectivity index (χ4n) is 5.49. The number of nitrogens with one attached hydrogen (secondary N) is 1. The molecule has 0 saturated carbocycles. The summed E-state index contributed by atoms with van der Waals surface area (Å²) < 4.78 is 13.2. The van der Waals surface area contributed by atoms with Crippen LogP contribution in [0.4, 0.5) is 0 Å². The van der Waals surface area contributed by atoms with Gasteiger partial charge in [0, 0.05) is 38.0 Å². The second-order valence-electron chi connectivity index (χ2n) is 11.1. The summed E-state index contributed by atoms with van der Waals surface area (Å²) in [6.07, 6.45) is 0.0333.